The number of hydrogen-bond acceptors (Lipinski definition) is 2. The zero-order valence-corrected chi connectivity index (χ0v) is 10.3. The molecule has 0 aliphatic heterocycles. The summed E-state index contributed by atoms with van der Waals surface area (Å²) in [7, 11) is 0. The highest BCUT2D eigenvalue weighted by Gasteiger charge is 2.10. The molecule has 0 bridgehead atoms. The highest BCUT2D eigenvalue weighted by Crippen LogP contribution is 2.22. The molecule has 0 aliphatic carbocycles. The predicted molar refractivity (Wildman–Crippen MR) is 67.4 cm³/mol. The molecule has 0 aliphatic rings. The van der Waals surface area contributed by atoms with Crippen LogP contribution in [0.2, 0.25) is 5.02 Å². The molecule has 0 heterocycles. The third-order valence-electron chi connectivity index (χ3n) is 2.34. The molecule has 0 saturated carbocycles. The van der Waals surface area contributed by atoms with Crippen LogP contribution in [-0.2, 0) is 0 Å². The van der Waals surface area contributed by atoms with E-state index in [-0.39, 0.29) is 11.9 Å². The van der Waals surface area contributed by atoms with Crippen molar-refractivity contribution in [1.29, 1.82) is 5.41 Å². The fourth-order valence-corrected chi connectivity index (χ4v) is 1.52. The summed E-state index contributed by atoms with van der Waals surface area (Å²) in [5.74, 6) is 0.924. The number of aryl methyl sites for hydroxylation is 1. The van der Waals surface area contributed by atoms with Crippen LogP contribution >= 0.6 is 11.6 Å². The van der Waals surface area contributed by atoms with Crippen molar-refractivity contribution in [2.24, 2.45) is 5.73 Å². The Labute approximate surface area is 101 Å². The number of benzene rings is 1. The smallest absolute Gasteiger partial charge is 0.120 e. The highest BCUT2D eigenvalue weighted by molar-refractivity contribution is 6.31. The molecule has 16 heavy (non-hydrogen) atoms. The second kappa shape index (κ2) is 5.75. The summed E-state index contributed by atoms with van der Waals surface area (Å²) >= 11 is 5.93. The van der Waals surface area contributed by atoms with Gasteiger partial charge in [-0.3, -0.25) is 5.41 Å². The summed E-state index contributed by atoms with van der Waals surface area (Å²) in [5, 5.41) is 7.98. The lowest BCUT2D eigenvalue weighted by atomic mass is 10.2. The minimum absolute atomic E-state index is 0.0434. The van der Waals surface area contributed by atoms with Crippen LogP contribution in [0.4, 0.5) is 0 Å². The highest BCUT2D eigenvalue weighted by atomic mass is 35.5. The van der Waals surface area contributed by atoms with Crippen molar-refractivity contribution >= 4 is 17.4 Å². The van der Waals surface area contributed by atoms with Crippen molar-refractivity contribution in [1.82, 2.24) is 0 Å². The normalized spacial score (nSPS) is 12.2. The molecule has 1 rings (SSSR count). The van der Waals surface area contributed by atoms with Crippen molar-refractivity contribution in [2.75, 3.05) is 0 Å². The van der Waals surface area contributed by atoms with Gasteiger partial charge in [0.15, 0.2) is 0 Å². The van der Waals surface area contributed by atoms with Gasteiger partial charge in [-0.2, -0.15) is 0 Å². The lowest BCUT2D eigenvalue weighted by Gasteiger charge is -2.17. The molecule has 0 fully saturated rings. The SMILES string of the molecule is CCC(CC(=N)N)Oc1ccc(Cl)c(C)c1. The zero-order valence-electron chi connectivity index (χ0n) is 9.59. The standard InChI is InChI=1S/C12H17ClN2O/c1-3-9(7-12(14)15)16-10-4-5-11(13)8(2)6-10/h4-6,9H,3,7H2,1-2H3,(H3,14,15). The van der Waals surface area contributed by atoms with E-state index in [4.69, 9.17) is 27.5 Å². The van der Waals surface area contributed by atoms with Gasteiger partial charge in [0.1, 0.15) is 11.9 Å². The summed E-state index contributed by atoms with van der Waals surface area (Å²) in [6.07, 6.45) is 1.23. The minimum Gasteiger partial charge on any atom is -0.490 e. The maximum Gasteiger partial charge on any atom is 0.120 e. The molecule has 0 aromatic heterocycles. The first-order chi connectivity index (χ1) is 7.52. The minimum atomic E-state index is -0.0434. The maximum absolute atomic E-state index is 7.25. The topological polar surface area (TPSA) is 59.1 Å². The Hall–Kier alpha value is -1.22. The zero-order chi connectivity index (χ0) is 12.1. The first kappa shape index (κ1) is 12.8. The monoisotopic (exact) mass is 240 g/mol. The van der Waals surface area contributed by atoms with E-state index in [1.54, 1.807) is 0 Å². The number of nitrogens with one attached hydrogen (secondary N) is 1. The van der Waals surface area contributed by atoms with E-state index in [9.17, 15) is 0 Å². The van der Waals surface area contributed by atoms with Crippen molar-refractivity contribution in [3.63, 3.8) is 0 Å². The van der Waals surface area contributed by atoms with Gasteiger partial charge in [0.2, 0.25) is 0 Å². The molecule has 1 unspecified atom stereocenters. The molecule has 0 amide bonds. The van der Waals surface area contributed by atoms with Gasteiger partial charge >= 0.3 is 0 Å². The third-order valence-corrected chi connectivity index (χ3v) is 2.76. The van der Waals surface area contributed by atoms with E-state index in [0.717, 1.165) is 22.8 Å². The van der Waals surface area contributed by atoms with E-state index >= 15 is 0 Å². The van der Waals surface area contributed by atoms with Crippen LogP contribution in [0.1, 0.15) is 25.3 Å². The summed E-state index contributed by atoms with van der Waals surface area (Å²) in [6.45, 7) is 3.94. The molecule has 1 atom stereocenters. The van der Waals surface area contributed by atoms with E-state index in [0.29, 0.717) is 6.42 Å². The van der Waals surface area contributed by atoms with Crippen molar-refractivity contribution < 1.29 is 4.74 Å². The average molecular weight is 241 g/mol. The molecule has 4 heteroatoms. The molecule has 3 nitrogen and oxygen atoms in total. The lowest BCUT2D eigenvalue weighted by molar-refractivity contribution is 0.204. The molecule has 1 aromatic rings. The lowest BCUT2D eigenvalue weighted by Crippen LogP contribution is -2.23. The van der Waals surface area contributed by atoms with Crippen molar-refractivity contribution in [3.8, 4) is 5.75 Å². The van der Waals surface area contributed by atoms with Crippen LogP contribution in [0.3, 0.4) is 0 Å². The fourth-order valence-electron chi connectivity index (χ4n) is 1.40. The van der Waals surface area contributed by atoms with Gasteiger partial charge in [0, 0.05) is 11.4 Å². The average Bonchev–Trinajstić information content (AvgIpc) is 2.22. The second-order valence-corrected chi connectivity index (χ2v) is 4.20. The first-order valence-corrected chi connectivity index (χ1v) is 5.66. The Morgan fingerprint density at radius 2 is 2.25 bits per heavy atom. The van der Waals surface area contributed by atoms with Gasteiger partial charge in [-0.1, -0.05) is 18.5 Å². The van der Waals surface area contributed by atoms with Crippen LogP contribution in [-0.4, -0.2) is 11.9 Å². The number of hydrogen-bond donors (Lipinski definition) is 2. The van der Waals surface area contributed by atoms with Crippen LogP contribution in [0.15, 0.2) is 18.2 Å². The molecule has 0 saturated heterocycles. The Morgan fingerprint density at radius 3 is 2.75 bits per heavy atom. The van der Waals surface area contributed by atoms with Crippen molar-refractivity contribution in [3.05, 3.63) is 28.8 Å². The maximum atomic E-state index is 7.25. The van der Waals surface area contributed by atoms with Gasteiger partial charge in [-0.15, -0.1) is 0 Å². The molecule has 88 valence electrons. The Bertz CT molecular complexity index is 379. The summed E-state index contributed by atoms with van der Waals surface area (Å²) < 4.78 is 5.73. The Morgan fingerprint density at radius 1 is 1.56 bits per heavy atom. The van der Waals surface area contributed by atoms with Gasteiger partial charge < -0.3 is 10.5 Å². The van der Waals surface area contributed by atoms with Crippen LogP contribution in [0.5, 0.6) is 5.75 Å². The van der Waals surface area contributed by atoms with Gasteiger partial charge in [-0.05, 0) is 37.1 Å². The number of rotatable bonds is 5. The largest absolute Gasteiger partial charge is 0.490 e. The van der Waals surface area contributed by atoms with Gasteiger partial charge in [-0.25, -0.2) is 0 Å². The van der Waals surface area contributed by atoms with Crippen molar-refractivity contribution in [2.45, 2.75) is 32.8 Å². The number of amidine groups is 1. The molecule has 1 aromatic carbocycles. The van der Waals surface area contributed by atoms with E-state index < -0.39 is 0 Å². The Kier molecular flexibility index (Phi) is 4.62. The molecular weight excluding hydrogens is 224 g/mol. The number of nitrogens with two attached hydrogens (primary N) is 1. The summed E-state index contributed by atoms with van der Waals surface area (Å²) in [4.78, 5) is 0. The summed E-state index contributed by atoms with van der Waals surface area (Å²) in [5.41, 5.74) is 6.34. The van der Waals surface area contributed by atoms with E-state index in [1.807, 2.05) is 32.0 Å². The van der Waals surface area contributed by atoms with E-state index in [1.165, 1.54) is 0 Å². The fraction of sp³-hybridized carbons (Fsp3) is 0.417. The quantitative estimate of drug-likeness (QED) is 0.614. The number of ether oxygens (including phenoxy) is 1. The summed E-state index contributed by atoms with van der Waals surface area (Å²) in [6, 6.07) is 5.54. The predicted octanol–water partition coefficient (Wildman–Crippen LogP) is 3.13. The second-order valence-electron chi connectivity index (χ2n) is 3.79. The molecule has 0 radical (unpaired) electrons. The molecule has 0 spiro atoms. The Balaban J connectivity index is 2.70. The molecule has 3 N–H and O–H groups in total. The van der Waals surface area contributed by atoms with Gasteiger partial charge in [0.25, 0.3) is 0 Å². The third kappa shape index (κ3) is 3.74. The van der Waals surface area contributed by atoms with Gasteiger partial charge in [0.05, 0.1) is 5.84 Å². The van der Waals surface area contributed by atoms with E-state index in [2.05, 4.69) is 0 Å². The number of halogens is 1. The van der Waals surface area contributed by atoms with Crippen LogP contribution in [0.25, 0.3) is 0 Å². The first-order valence-electron chi connectivity index (χ1n) is 5.28. The van der Waals surface area contributed by atoms with Crippen LogP contribution < -0.4 is 10.5 Å². The molecular formula is C12H17ClN2O. The van der Waals surface area contributed by atoms with Crippen LogP contribution in [0, 0.1) is 12.3 Å².